The van der Waals surface area contributed by atoms with Gasteiger partial charge in [0.05, 0.1) is 14.2 Å². The number of pyridine rings is 1. The molecule has 19 heavy (non-hydrogen) atoms. The molecule has 5 nitrogen and oxygen atoms in total. The second-order valence-corrected chi connectivity index (χ2v) is 5.55. The van der Waals surface area contributed by atoms with Gasteiger partial charge in [0.15, 0.2) is 5.03 Å². The van der Waals surface area contributed by atoms with Crippen molar-refractivity contribution in [3.8, 4) is 11.5 Å². The molecule has 100 valence electrons. The number of methoxy groups -OCH3 is 2. The van der Waals surface area contributed by atoms with E-state index in [4.69, 9.17) is 9.47 Å². The zero-order chi connectivity index (χ0) is 13.9. The first-order valence-corrected chi connectivity index (χ1v) is 6.96. The van der Waals surface area contributed by atoms with E-state index >= 15 is 0 Å². The van der Waals surface area contributed by atoms with Crippen LogP contribution in [0.3, 0.4) is 0 Å². The summed E-state index contributed by atoms with van der Waals surface area (Å²) in [6.45, 7) is 0. The zero-order valence-corrected chi connectivity index (χ0v) is 11.3. The van der Waals surface area contributed by atoms with E-state index in [1.54, 1.807) is 24.3 Å². The van der Waals surface area contributed by atoms with Gasteiger partial charge in [0.1, 0.15) is 16.4 Å². The Balaban J connectivity index is 2.63. The van der Waals surface area contributed by atoms with Crippen LogP contribution < -0.4 is 9.47 Å². The molecule has 1 aromatic carbocycles. The van der Waals surface area contributed by atoms with E-state index in [9.17, 15) is 8.42 Å². The molecule has 0 fully saturated rings. The van der Waals surface area contributed by atoms with Gasteiger partial charge in [-0.25, -0.2) is 13.4 Å². The molecule has 0 saturated heterocycles. The lowest BCUT2D eigenvalue weighted by atomic mass is 10.3. The number of sulfone groups is 1. The summed E-state index contributed by atoms with van der Waals surface area (Å²) in [5.41, 5.74) is 0. The predicted molar refractivity (Wildman–Crippen MR) is 69.2 cm³/mol. The minimum atomic E-state index is -3.73. The first kappa shape index (κ1) is 13.4. The van der Waals surface area contributed by atoms with Crippen LogP contribution in [0.1, 0.15) is 0 Å². The van der Waals surface area contributed by atoms with Crippen LogP contribution >= 0.6 is 0 Å². The second kappa shape index (κ2) is 5.27. The summed E-state index contributed by atoms with van der Waals surface area (Å²) >= 11 is 0. The average Bonchev–Trinajstić information content (AvgIpc) is 2.47. The molecule has 0 unspecified atom stereocenters. The highest BCUT2D eigenvalue weighted by Gasteiger charge is 2.24. The summed E-state index contributed by atoms with van der Waals surface area (Å²) in [4.78, 5) is 3.91. The minimum Gasteiger partial charge on any atom is -0.497 e. The zero-order valence-electron chi connectivity index (χ0n) is 10.5. The van der Waals surface area contributed by atoms with Crippen molar-refractivity contribution in [1.29, 1.82) is 0 Å². The first-order chi connectivity index (χ1) is 9.09. The van der Waals surface area contributed by atoms with Crippen LogP contribution in [0.4, 0.5) is 0 Å². The quantitative estimate of drug-likeness (QED) is 0.855. The Kier molecular flexibility index (Phi) is 3.71. The largest absolute Gasteiger partial charge is 0.497 e. The van der Waals surface area contributed by atoms with Crippen LogP contribution in [0.2, 0.25) is 0 Å². The molecule has 0 radical (unpaired) electrons. The molecule has 0 N–H and O–H groups in total. The van der Waals surface area contributed by atoms with Gasteiger partial charge in [-0.3, -0.25) is 0 Å². The molecular weight excluding hydrogens is 266 g/mol. The summed E-state index contributed by atoms with van der Waals surface area (Å²) in [6.07, 6.45) is 1.43. The van der Waals surface area contributed by atoms with Crippen LogP contribution in [0.5, 0.6) is 11.5 Å². The molecule has 2 rings (SSSR count). The third-order valence-electron chi connectivity index (χ3n) is 2.57. The third kappa shape index (κ3) is 2.53. The Hall–Kier alpha value is -2.08. The van der Waals surface area contributed by atoms with E-state index in [0.29, 0.717) is 5.75 Å². The Labute approximate surface area is 111 Å². The smallest absolute Gasteiger partial charge is 0.227 e. The summed E-state index contributed by atoms with van der Waals surface area (Å²) in [5, 5.41) is -0.0263. The van der Waals surface area contributed by atoms with Crippen LogP contribution in [0.15, 0.2) is 52.5 Å². The van der Waals surface area contributed by atoms with Crippen molar-refractivity contribution in [3.63, 3.8) is 0 Å². The number of rotatable bonds is 4. The minimum absolute atomic E-state index is 0.0263. The average molecular weight is 279 g/mol. The number of aromatic nitrogens is 1. The van der Waals surface area contributed by atoms with Crippen molar-refractivity contribution in [2.24, 2.45) is 0 Å². The van der Waals surface area contributed by atoms with Crippen molar-refractivity contribution in [1.82, 2.24) is 4.98 Å². The lowest BCUT2D eigenvalue weighted by Crippen LogP contribution is -2.06. The highest BCUT2D eigenvalue weighted by molar-refractivity contribution is 7.91. The van der Waals surface area contributed by atoms with Gasteiger partial charge in [-0.2, -0.15) is 0 Å². The molecule has 0 aliphatic carbocycles. The SMILES string of the molecule is COc1ccc(OC)c(S(=O)(=O)c2ccccn2)c1. The fourth-order valence-electron chi connectivity index (χ4n) is 1.61. The highest BCUT2D eigenvalue weighted by Crippen LogP contribution is 2.31. The number of ether oxygens (including phenoxy) is 2. The fraction of sp³-hybridized carbons (Fsp3) is 0.154. The second-order valence-electron chi connectivity index (χ2n) is 3.69. The van der Waals surface area contributed by atoms with Gasteiger partial charge in [0.2, 0.25) is 9.84 Å². The normalized spacial score (nSPS) is 11.1. The Morgan fingerprint density at radius 1 is 1.05 bits per heavy atom. The maximum absolute atomic E-state index is 12.5. The Morgan fingerprint density at radius 2 is 1.84 bits per heavy atom. The van der Waals surface area contributed by atoms with Gasteiger partial charge in [0, 0.05) is 12.3 Å². The molecule has 0 bridgehead atoms. The molecule has 0 saturated carbocycles. The van der Waals surface area contributed by atoms with E-state index in [2.05, 4.69) is 4.98 Å². The molecular formula is C13H13NO4S. The molecule has 0 aliphatic heterocycles. The molecule has 0 amide bonds. The van der Waals surface area contributed by atoms with Crippen LogP contribution in [-0.2, 0) is 9.84 Å². The molecule has 0 aliphatic rings. The van der Waals surface area contributed by atoms with Crippen molar-refractivity contribution in [2.45, 2.75) is 9.92 Å². The summed E-state index contributed by atoms with van der Waals surface area (Å²) < 4.78 is 35.1. The summed E-state index contributed by atoms with van der Waals surface area (Å²) in [7, 11) is -0.843. The van der Waals surface area contributed by atoms with Crippen molar-refractivity contribution < 1.29 is 17.9 Å². The molecule has 0 spiro atoms. The number of nitrogens with zero attached hydrogens (tertiary/aromatic N) is 1. The van der Waals surface area contributed by atoms with Crippen LogP contribution in [0, 0.1) is 0 Å². The predicted octanol–water partition coefficient (Wildman–Crippen LogP) is 1.93. The summed E-state index contributed by atoms with van der Waals surface area (Å²) in [5.74, 6) is 0.696. The fourth-order valence-corrected chi connectivity index (χ4v) is 2.98. The van der Waals surface area contributed by atoms with Crippen molar-refractivity contribution >= 4 is 9.84 Å². The maximum Gasteiger partial charge on any atom is 0.227 e. The monoisotopic (exact) mass is 279 g/mol. The number of benzene rings is 1. The van der Waals surface area contributed by atoms with Gasteiger partial charge in [-0.1, -0.05) is 6.07 Å². The lowest BCUT2D eigenvalue weighted by molar-refractivity contribution is 0.392. The van der Waals surface area contributed by atoms with Gasteiger partial charge in [-0.15, -0.1) is 0 Å². The van der Waals surface area contributed by atoms with Crippen molar-refractivity contribution in [3.05, 3.63) is 42.6 Å². The molecule has 1 aromatic heterocycles. The molecule has 2 aromatic rings. The molecule has 1 heterocycles. The van der Waals surface area contributed by atoms with Crippen LogP contribution in [-0.4, -0.2) is 27.6 Å². The topological polar surface area (TPSA) is 65.5 Å². The lowest BCUT2D eigenvalue weighted by Gasteiger charge is -2.10. The molecule has 6 heteroatoms. The van der Waals surface area contributed by atoms with E-state index in [1.165, 1.54) is 32.5 Å². The standard InChI is InChI=1S/C13H13NO4S/c1-17-10-6-7-11(18-2)12(9-10)19(15,16)13-5-3-4-8-14-13/h3-9H,1-2H3. The van der Waals surface area contributed by atoms with E-state index in [-0.39, 0.29) is 15.7 Å². The first-order valence-electron chi connectivity index (χ1n) is 5.47. The Bertz CT molecular complexity index is 668. The van der Waals surface area contributed by atoms with Gasteiger partial charge < -0.3 is 9.47 Å². The number of hydrogen-bond acceptors (Lipinski definition) is 5. The summed E-state index contributed by atoms with van der Waals surface area (Å²) in [6, 6.07) is 9.32. The van der Waals surface area contributed by atoms with Crippen molar-refractivity contribution in [2.75, 3.05) is 14.2 Å². The maximum atomic E-state index is 12.5. The van der Waals surface area contributed by atoms with E-state index in [0.717, 1.165) is 0 Å². The van der Waals surface area contributed by atoms with Gasteiger partial charge >= 0.3 is 0 Å². The Morgan fingerprint density at radius 3 is 2.42 bits per heavy atom. The third-order valence-corrected chi connectivity index (χ3v) is 4.26. The highest BCUT2D eigenvalue weighted by atomic mass is 32.2. The van der Waals surface area contributed by atoms with Crippen LogP contribution in [0.25, 0.3) is 0 Å². The number of hydrogen-bond donors (Lipinski definition) is 0. The van der Waals surface area contributed by atoms with E-state index in [1.807, 2.05) is 0 Å². The van der Waals surface area contributed by atoms with E-state index < -0.39 is 9.84 Å². The van der Waals surface area contributed by atoms with Gasteiger partial charge in [0.25, 0.3) is 0 Å². The van der Waals surface area contributed by atoms with Gasteiger partial charge in [-0.05, 0) is 24.3 Å². The molecule has 0 atom stereocenters.